The van der Waals surface area contributed by atoms with Crippen LogP contribution < -0.4 is 5.32 Å². The molecule has 4 rings (SSSR count). The highest BCUT2D eigenvalue weighted by Gasteiger charge is 2.63. The summed E-state index contributed by atoms with van der Waals surface area (Å²) in [7, 11) is 0. The highest BCUT2D eigenvalue weighted by atomic mass is 32.2. The van der Waals surface area contributed by atoms with E-state index < -0.39 is 17.9 Å². The van der Waals surface area contributed by atoms with Crippen LogP contribution in [0.25, 0.3) is 0 Å². The van der Waals surface area contributed by atoms with Crippen molar-refractivity contribution >= 4 is 29.4 Å². The van der Waals surface area contributed by atoms with Gasteiger partial charge in [0.1, 0.15) is 29.2 Å². The van der Waals surface area contributed by atoms with Crippen LogP contribution in [0.5, 0.6) is 0 Å². The van der Waals surface area contributed by atoms with Crippen molar-refractivity contribution in [1.29, 1.82) is 0 Å². The molecule has 0 bridgehead atoms. The predicted octanol–water partition coefficient (Wildman–Crippen LogP) is 0.792. The van der Waals surface area contributed by atoms with Gasteiger partial charge in [0, 0.05) is 4.75 Å². The third-order valence-electron chi connectivity index (χ3n) is 5.16. The molecule has 4 atom stereocenters. The molecule has 2 aliphatic rings. The third kappa shape index (κ3) is 2.88. The Morgan fingerprint density at radius 3 is 2.61 bits per heavy atom. The Morgan fingerprint density at radius 2 is 2.00 bits per heavy atom. The van der Waals surface area contributed by atoms with Gasteiger partial charge in [0.05, 0.1) is 0 Å². The number of hydrogen-bond acceptors (Lipinski definition) is 7. The summed E-state index contributed by atoms with van der Waals surface area (Å²) in [4.78, 5) is 39.5. The summed E-state index contributed by atoms with van der Waals surface area (Å²) in [5, 5.41) is 16.5. The van der Waals surface area contributed by atoms with E-state index in [9.17, 15) is 14.4 Å². The van der Waals surface area contributed by atoms with Crippen molar-refractivity contribution in [2.75, 3.05) is 0 Å². The minimum absolute atomic E-state index is 0.201. The van der Waals surface area contributed by atoms with E-state index >= 15 is 0 Å². The van der Waals surface area contributed by atoms with Gasteiger partial charge in [-0.25, -0.2) is 5.10 Å². The fourth-order valence-electron chi connectivity index (χ4n) is 3.93. The number of thioether (sulfide) groups is 1. The fourth-order valence-corrected chi connectivity index (χ4v) is 5.56. The average Bonchev–Trinajstić information content (AvgIpc) is 3.24. The van der Waals surface area contributed by atoms with E-state index in [1.807, 2.05) is 19.9 Å². The first-order valence-corrected chi connectivity index (χ1v) is 9.78. The number of hydrogen-bond donors (Lipinski definition) is 2. The summed E-state index contributed by atoms with van der Waals surface area (Å²) >= 11 is 1.58. The lowest BCUT2D eigenvalue weighted by atomic mass is 9.92. The number of fused-ring (bicyclic) bond motifs is 1. The Morgan fingerprint density at radius 1 is 1.29 bits per heavy atom. The number of β-lactam (4-membered cyclic amide) rings is 1. The number of aromatic amines is 1. The number of rotatable bonds is 5. The molecule has 0 saturated carbocycles. The molecule has 0 aliphatic carbocycles. The maximum Gasteiger partial charge on any atom is 0.249 e. The summed E-state index contributed by atoms with van der Waals surface area (Å²) < 4.78 is -0.333. The monoisotopic (exact) mass is 400 g/mol. The second-order valence-electron chi connectivity index (χ2n) is 7.49. The molecule has 2 amide bonds. The Labute approximate surface area is 165 Å². The quantitative estimate of drug-likeness (QED) is 0.562. The van der Waals surface area contributed by atoms with E-state index in [0.717, 1.165) is 0 Å². The van der Waals surface area contributed by atoms with Crippen molar-refractivity contribution in [3.05, 3.63) is 41.7 Å². The van der Waals surface area contributed by atoms with Crippen molar-refractivity contribution in [2.24, 2.45) is 0 Å². The molecule has 2 N–H and O–H groups in total. The maximum absolute atomic E-state index is 12.8. The lowest BCUT2D eigenvalue weighted by Crippen LogP contribution is -2.68. The number of ketones is 1. The number of tetrazole rings is 1. The second kappa shape index (κ2) is 6.69. The van der Waals surface area contributed by atoms with Crippen LogP contribution in [-0.4, -0.2) is 59.3 Å². The molecule has 9 nitrogen and oxygen atoms in total. The van der Waals surface area contributed by atoms with Crippen LogP contribution in [0.15, 0.2) is 30.3 Å². The van der Waals surface area contributed by atoms with Crippen LogP contribution in [0.1, 0.15) is 44.1 Å². The lowest BCUT2D eigenvalue weighted by molar-refractivity contribution is -0.152. The number of carbonyl (C=O) groups is 3. The van der Waals surface area contributed by atoms with Crippen molar-refractivity contribution in [3.63, 3.8) is 0 Å². The number of carbonyl (C=O) groups excluding carboxylic acids is 3. The van der Waals surface area contributed by atoms with Crippen molar-refractivity contribution in [3.8, 4) is 0 Å². The second-order valence-corrected chi connectivity index (χ2v) is 9.26. The molecule has 0 spiro atoms. The van der Waals surface area contributed by atoms with Crippen LogP contribution in [0.2, 0.25) is 0 Å². The van der Waals surface area contributed by atoms with Gasteiger partial charge in [0.25, 0.3) is 0 Å². The van der Waals surface area contributed by atoms with E-state index in [0.29, 0.717) is 11.4 Å². The molecule has 2 aliphatic heterocycles. The number of benzene rings is 1. The summed E-state index contributed by atoms with van der Waals surface area (Å²) in [5.74, 6) is -1.34. The largest absolute Gasteiger partial charge is 0.341 e. The van der Waals surface area contributed by atoms with Gasteiger partial charge in [-0.3, -0.25) is 14.4 Å². The predicted molar refractivity (Wildman–Crippen MR) is 101 cm³/mol. The van der Waals surface area contributed by atoms with Gasteiger partial charge in [-0.15, -0.1) is 16.9 Å². The molecule has 2 fully saturated rings. The first kappa shape index (κ1) is 18.6. The summed E-state index contributed by atoms with van der Waals surface area (Å²) in [6.45, 7) is 5.40. The number of Topliss-reactive ketones (excluding diaryl/α,β-unsaturated/α-hetero) is 1. The molecular weight excluding hydrogens is 380 g/mol. The maximum atomic E-state index is 12.8. The Kier molecular flexibility index (Phi) is 4.45. The molecule has 146 valence electrons. The van der Waals surface area contributed by atoms with Crippen LogP contribution in [-0.2, 0) is 14.4 Å². The number of nitrogens with one attached hydrogen (secondary N) is 2. The molecule has 2 aromatic rings. The Balaban J connectivity index is 1.54. The van der Waals surface area contributed by atoms with Crippen LogP contribution in [0, 0.1) is 0 Å². The zero-order valence-electron chi connectivity index (χ0n) is 15.6. The van der Waals surface area contributed by atoms with E-state index in [4.69, 9.17) is 0 Å². The minimum atomic E-state index is -0.934. The SMILES string of the molecule is CC(=O)C(C(=O)NC1C(=O)N2C1SC(C)(C)C2c1nnn[nH]1)c1ccccc1. The van der Waals surface area contributed by atoms with Gasteiger partial charge in [-0.05, 0) is 36.8 Å². The van der Waals surface area contributed by atoms with Gasteiger partial charge in [0.2, 0.25) is 11.8 Å². The highest BCUT2D eigenvalue weighted by Crippen LogP contribution is 2.56. The highest BCUT2D eigenvalue weighted by molar-refractivity contribution is 8.01. The van der Waals surface area contributed by atoms with E-state index in [1.165, 1.54) is 6.92 Å². The number of amides is 2. The lowest BCUT2D eigenvalue weighted by Gasteiger charge is -2.44. The van der Waals surface area contributed by atoms with E-state index in [-0.39, 0.29) is 27.9 Å². The standard InChI is InChI=1S/C18H20N6O3S/c1-9(25)11(10-7-5-4-6-8-10)15(26)19-12-16(27)24-13(14-20-22-23-21-14)18(2,3)28-17(12)24/h4-8,11-13,17H,1-3H3,(H,19,26)(H,20,21,22,23). The first-order valence-electron chi connectivity index (χ1n) is 8.90. The van der Waals surface area contributed by atoms with Gasteiger partial charge in [-0.2, -0.15) is 0 Å². The molecule has 3 heterocycles. The molecule has 1 aromatic carbocycles. The smallest absolute Gasteiger partial charge is 0.249 e. The van der Waals surface area contributed by atoms with Crippen molar-refractivity contribution in [1.82, 2.24) is 30.8 Å². The Hall–Kier alpha value is -2.75. The number of nitrogens with zero attached hydrogens (tertiary/aromatic N) is 4. The van der Waals surface area contributed by atoms with Crippen molar-refractivity contribution in [2.45, 2.75) is 48.9 Å². The van der Waals surface area contributed by atoms with Crippen LogP contribution in [0.3, 0.4) is 0 Å². The molecule has 2 saturated heterocycles. The molecule has 10 heteroatoms. The normalized spacial score (nSPS) is 26.3. The molecule has 4 unspecified atom stereocenters. The van der Waals surface area contributed by atoms with Gasteiger partial charge >= 0.3 is 0 Å². The summed E-state index contributed by atoms with van der Waals surface area (Å²) in [6.07, 6.45) is 0. The van der Waals surface area contributed by atoms with Gasteiger partial charge in [-0.1, -0.05) is 30.3 Å². The van der Waals surface area contributed by atoms with Gasteiger partial charge in [0.15, 0.2) is 5.82 Å². The summed E-state index contributed by atoms with van der Waals surface area (Å²) in [6, 6.07) is 7.86. The van der Waals surface area contributed by atoms with E-state index in [1.54, 1.807) is 40.9 Å². The van der Waals surface area contributed by atoms with Crippen LogP contribution >= 0.6 is 11.8 Å². The van der Waals surface area contributed by atoms with Crippen LogP contribution in [0.4, 0.5) is 0 Å². The first-order chi connectivity index (χ1) is 13.3. The zero-order valence-corrected chi connectivity index (χ0v) is 16.4. The minimum Gasteiger partial charge on any atom is -0.341 e. The number of aromatic nitrogens is 4. The molecule has 1 aromatic heterocycles. The number of H-pyrrole nitrogens is 1. The van der Waals surface area contributed by atoms with E-state index in [2.05, 4.69) is 25.9 Å². The fraction of sp³-hybridized carbons (Fsp3) is 0.444. The third-order valence-corrected chi connectivity index (χ3v) is 6.73. The molecular formula is C18H20N6O3S. The Bertz CT molecular complexity index is 917. The average molecular weight is 400 g/mol. The van der Waals surface area contributed by atoms with Crippen molar-refractivity contribution < 1.29 is 14.4 Å². The topological polar surface area (TPSA) is 121 Å². The summed E-state index contributed by atoms with van der Waals surface area (Å²) in [5.41, 5.74) is 0.612. The van der Waals surface area contributed by atoms with Gasteiger partial charge < -0.3 is 10.2 Å². The molecule has 0 radical (unpaired) electrons. The zero-order chi connectivity index (χ0) is 20.1. The molecule has 28 heavy (non-hydrogen) atoms.